The number of primary amides is 1. The Morgan fingerprint density at radius 1 is 0.742 bits per heavy atom. The van der Waals surface area contributed by atoms with Crippen LogP contribution in [0.3, 0.4) is 0 Å². The SMILES string of the molecule is CC(=O)C[C@H]1[C@H](O[C@H]2[C@H](OC(C)C(=O)N[C@@H](C)C(=O)N[C@H](CCC(=O)N[C@@H](CCCCN)C(=O)N[C@H](C)C(=O)O)C(N)=O)[C@@H](NC(=O)O)C(O)O[C@@H]2CO)O[C@H](CO)[C@@H](O)[C@@H]1O. The van der Waals surface area contributed by atoms with Crippen LogP contribution in [0.25, 0.3) is 0 Å². The minimum atomic E-state index is -2.02. The predicted octanol–water partition coefficient (Wildman–Crippen LogP) is -6.02. The molecule has 0 spiro atoms. The van der Waals surface area contributed by atoms with Crippen molar-refractivity contribution in [3.63, 3.8) is 0 Å². The summed E-state index contributed by atoms with van der Waals surface area (Å²) >= 11 is 0. The number of hydrogen-bond donors (Lipinski definition) is 14. The standard InChI is InChI=1S/C36H61N7O19/c1-14(46)11-18-25(48)26(49)21(12-44)61-35(18)62-27-22(13-45)60-34(56)24(43-36(57)58)28(27)59-17(4)31(52)39-15(2)30(51)42-19(29(38)50)8-9-23(47)41-20(7-5-6-10-37)32(53)40-16(3)33(54)55/h15-22,24-28,34-35,43-45,48-49,56H,5-13,37H2,1-4H3,(H2,38,50)(H,39,52)(H,40,53)(H,41,47)(H,42,51)(H,54,55)(H,57,58)/t15-,16+,17?,18+,19+,20-,21+,22+,24+,25+,26+,27+,28+,34?,35-/m0/s1. The van der Waals surface area contributed by atoms with Gasteiger partial charge in [-0.05, 0) is 59.9 Å². The zero-order valence-corrected chi connectivity index (χ0v) is 34.7. The Morgan fingerprint density at radius 2 is 1.37 bits per heavy atom. The van der Waals surface area contributed by atoms with Crippen LogP contribution in [0.5, 0.6) is 0 Å². The van der Waals surface area contributed by atoms with Crippen LogP contribution >= 0.6 is 0 Å². The van der Waals surface area contributed by atoms with Gasteiger partial charge in [0.1, 0.15) is 72.6 Å². The smallest absolute Gasteiger partial charge is 0.405 e. The summed E-state index contributed by atoms with van der Waals surface area (Å²) in [4.78, 5) is 99.5. The number of nitrogens with one attached hydrogen (secondary N) is 5. The topological polar surface area (TPSA) is 427 Å². The molecule has 0 bridgehead atoms. The summed E-state index contributed by atoms with van der Waals surface area (Å²) in [7, 11) is 0. The van der Waals surface area contributed by atoms with E-state index in [9.17, 15) is 69.0 Å². The van der Waals surface area contributed by atoms with Gasteiger partial charge in [0.2, 0.25) is 29.5 Å². The highest BCUT2D eigenvalue weighted by molar-refractivity contribution is 5.93. The van der Waals surface area contributed by atoms with Crippen molar-refractivity contribution in [2.24, 2.45) is 17.4 Å². The molecule has 2 fully saturated rings. The molecule has 0 aromatic carbocycles. The van der Waals surface area contributed by atoms with Crippen LogP contribution in [-0.2, 0) is 52.5 Å². The minimum absolute atomic E-state index is 0.120. The Morgan fingerprint density at radius 3 is 1.92 bits per heavy atom. The van der Waals surface area contributed by atoms with Crippen molar-refractivity contribution < 1.29 is 93.0 Å². The lowest BCUT2D eigenvalue weighted by Gasteiger charge is -2.48. The van der Waals surface area contributed by atoms with E-state index in [1.165, 1.54) is 27.7 Å². The number of carbonyl (C=O) groups is 8. The van der Waals surface area contributed by atoms with E-state index in [1.54, 1.807) is 0 Å². The van der Waals surface area contributed by atoms with Crippen LogP contribution in [0.4, 0.5) is 4.79 Å². The number of aliphatic hydroxyl groups is 5. The Hall–Kier alpha value is -4.64. The van der Waals surface area contributed by atoms with E-state index in [0.29, 0.717) is 19.4 Å². The van der Waals surface area contributed by atoms with Crippen LogP contribution in [0.1, 0.15) is 66.2 Å². The largest absolute Gasteiger partial charge is 0.480 e. The monoisotopic (exact) mass is 895 g/mol. The molecule has 0 saturated carbocycles. The normalized spacial score (nSPS) is 28.5. The Bertz CT molecular complexity index is 1560. The third kappa shape index (κ3) is 15.9. The lowest BCUT2D eigenvalue weighted by Crippen LogP contribution is -2.68. The molecule has 0 radical (unpaired) electrons. The highest BCUT2D eigenvalue weighted by Gasteiger charge is 2.53. The maximum absolute atomic E-state index is 13.4. The molecule has 0 aromatic rings. The second-order valence-corrected chi connectivity index (χ2v) is 15.0. The van der Waals surface area contributed by atoms with Crippen molar-refractivity contribution in [1.29, 1.82) is 0 Å². The third-order valence-electron chi connectivity index (χ3n) is 10.1. The molecule has 2 aliphatic rings. The van der Waals surface area contributed by atoms with Gasteiger partial charge in [-0.3, -0.25) is 28.8 Å². The van der Waals surface area contributed by atoms with Crippen LogP contribution in [0.15, 0.2) is 0 Å². The molecule has 2 aliphatic heterocycles. The molecule has 26 nitrogen and oxygen atoms in total. The number of carbonyl (C=O) groups excluding carboxylic acids is 6. The van der Waals surface area contributed by atoms with Gasteiger partial charge >= 0.3 is 12.1 Å². The summed E-state index contributed by atoms with van der Waals surface area (Å²) in [6.07, 6.45) is -16.9. The minimum Gasteiger partial charge on any atom is -0.480 e. The molecule has 15 atom stereocenters. The van der Waals surface area contributed by atoms with Gasteiger partial charge in [0, 0.05) is 18.8 Å². The van der Waals surface area contributed by atoms with Crippen molar-refractivity contribution in [3.05, 3.63) is 0 Å². The number of unbranched alkanes of at least 4 members (excludes halogenated alkanes) is 1. The van der Waals surface area contributed by atoms with Gasteiger partial charge in [0.15, 0.2) is 12.6 Å². The highest BCUT2D eigenvalue weighted by Crippen LogP contribution is 2.34. The van der Waals surface area contributed by atoms with E-state index < -0.39 is 165 Å². The number of aliphatic hydroxyl groups excluding tert-OH is 5. The Balaban J connectivity index is 2.21. The van der Waals surface area contributed by atoms with Crippen molar-refractivity contribution in [2.75, 3.05) is 19.8 Å². The number of amides is 6. The van der Waals surface area contributed by atoms with E-state index in [4.69, 9.17) is 35.5 Å². The molecule has 2 rings (SSSR count). The second-order valence-electron chi connectivity index (χ2n) is 15.0. The van der Waals surface area contributed by atoms with Gasteiger partial charge in [-0.15, -0.1) is 0 Å². The molecule has 354 valence electrons. The van der Waals surface area contributed by atoms with E-state index in [0.717, 1.165) is 0 Å². The van der Waals surface area contributed by atoms with Gasteiger partial charge in [-0.1, -0.05) is 0 Å². The van der Waals surface area contributed by atoms with Crippen LogP contribution < -0.4 is 38.1 Å². The fourth-order valence-corrected chi connectivity index (χ4v) is 6.62. The zero-order chi connectivity index (χ0) is 47.0. The van der Waals surface area contributed by atoms with Crippen molar-refractivity contribution in [2.45, 2.75) is 152 Å². The summed E-state index contributed by atoms with van der Waals surface area (Å²) in [5.74, 6) is -7.61. The van der Waals surface area contributed by atoms with Crippen molar-refractivity contribution in [3.8, 4) is 0 Å². The molecule has 2 unspecified atom stereocenters. The first kappa shape index (κ1) is 53.5. The summed E-state index contributed by atoms with van der Waals surface area (Å²) in [5.41, 5.74) is 11.0. The molecule has 0 aliphatic carbocycles. The van der Waals surface area contributed by atoms with Crippen LogP contribution in [0, 0.1) is 5.92 Å². The number of carboxylic acids is 1. The molecular formula is C36H61N7O19. The number of aliphatic carboxylic acids is 1. The molecular weight excluding hydrogens is 834 g/mol. The lowest BCUT2D eigenvalue weighted by molar-refractivity contribution is -0.341. The zero-order valence-electron chi connectivity index (χ0n) is 34.7. The van der Waals surface area contributed by atoms with Gasteiger partial charge in [-0.25, -0.2) is 4.79 Å². The summed E-state index contributed by atoms with van der Waals surface area (Å²) in [6.45, 7) is 3.37. The maximum Gasteiger partial charge on any atom is 0.405 e. The molecule has 2 heterocycles. The summed E-state index contributed by atoms with van der Waals surface area (Å²) in [5, 5.41) is 82.0. The fraction of sp³-hybridized carbons (Fsp3) is 0.778. The van der Waals surface area contributed by atoms with Gasteiger partial charge in [-0.2, -0.15) is 0 Å². The van der Waals surface area contributed by atoms with E-state index in [2.05, 4.69) is 21.3 Å². The number of ketones is 1. The molecule has 6 amide bonds. The Kier molecular flexibility index (Phi) is 22.0. The number of nitrogens with two attached hydrogens (primary N) is 2. The van der Waals surface area contributed by atoms with Gasteiger partial charge in [0.25, 0.3) is 0 Å². The predicted molar refractivity (Wildman–Crippen MR) is 207 cm³/mol. The second kappa shape index (κ2) is 25.5. The number of carboxylic acid groups (broad SMARTS) is 2. The first-order valence-corrected chi connectivity index (χ1v) is 19.9. The number of rotatable bonds is 25. The number of ether oxygens (including phenoxy) is 4. The van der Waals surface area contributed by atoms with Crippen molar-refractivity contribution in [1.82, 2.24) is 26.6 Å². The average Bonchev–Trinajstić information content (AvgIpc) is 3.19. The van der Waals surface area contributed by atoms with Gasteiger partial charge < -0.3 is 97.5 Å². The maximum atomic E-state index is 13.4. The van der Waals surface area contributed by atoms with Crippen LogP contribution in [-0.4, -0.2) is 188 Å². The summed E-state index contributed by atoms with van der Waals surface area (Å²) in [6, 6.07) is -7.02. The van der Waals surface area contributed by atoms with E-state index in [-0.39, 0.29) is 12.8 Å². The first-order valence-electron chi connectivity index (χ1n) is 19.9. The van der Waals surface area contributed by atoms with E-state index in [1.807, 2.05) is 5.32 Å². The molecule has 16 N–H and O–H groups in total. The third-order valence-corrected chi connectivity index (χ3v) is 10.1. The highest BCUT2D eigenvalue weighted by atomic mass is 16.7. The molecule has 26 heteroatoms. The fourth-order valence-electron chi connectivity index (χ4n) is 6.62. The lowest BCUT2D eigenvalue weighted by atomic mass is 9.87. The first-order chi connectivity index (χ1) is 29.1. The Labute approximate surface area is 355 Å². The molecule has 0 aromatic heterocycles. The number of Topliss-reactive ketones (excluding diaryl/α,β-unsaturated/α-hetero) is 1. The van der Waals surface area contributed by atoms with Crippen molar-refractivity contribution >= 4 is 47.4 Å². The van der Waals surface area contributed by atoms with Gasteiger partial charge in [0.05, 0.1) is 19.3 Å². The van der Waals surface area contributed by atoms with Crippen LogP contribution in [0.2, 0.25) is 0 Å². The number of hydrogen-bond acceptors (Lipinski definition) is 18. The van der Waals surface area contributed by atoms with E-state index >= 15 is 0 Å². The average molecular weight is 896 g/mol. The molecule has 2 saturated heterocycles. The summed E-state index contributed by atoms with van der Waals surface area (Å²) < 4.78 is 23.0. The molecule has 62 heavy (non-hydrogen) atoms. The quantitative estimate of drug-likeness (QED) is 0.0379.